The summed E-state index contributed by atoms with van der Waals surface area (Å²) in [6.45, 7) is 5.27. The Balaban J connectivity index is 2.03. The molecule has 0 spiro atoms. The van der Waals surface area contributed by atoms with Crippen LogP contribution in [0.5, 0.6) is 5.75 Å². The van der Waals surface area contributed by atoms with Crippen LogP contribution in [0.2, 0.25) is 0 Å². The molecule has 2 N–H and O–H groups in total. The third-order valence-corrected chi connectivity index (χ3v) is 3.68. The van der Waals surface area contributed by atoms with Crippen molar-refractivity contribution in [2.24, 2.45) is 0 Å². The van der Waals surface area contributed by atoms with Gasteiger partial charge < -0.3 is 9.84 Å². The van der Waals surface area contributed by atoms with Gasteiger partial charge in [-0.2, -0.15) is 0 Å². The summed E-state index contributed by atoms with van der Waals surface area (Å²) in [6.07, 6.45) is 1.87. The van der Waals surface area contributed by atoms with Crippen LogP contribution >= 0.6 is 0 Å². The molecule has 2 unspecified atom stereocenters. The number of hydrogen-bond acceptors (Lipinski definition) is 3. The van der Waals surface area contributed by atoms with Crippen molar-refractivity contribution in [3.63, 3.8) is 0 Å². The van der Waals surface area contributed by atoms with Gasteiger partial charge in [-0.25, -0.2) is 4.39 Å². The van der Waals surface area contributed by atoms with Crippen LogP contribution in [0.1, 0.15) is 38.7 Å². The highest BCUT2D eigenvalue weighted by atomic mass is 19.1. The highest BCUT2D eigenvalue weighted by Gasteiger charge is 2.40. The summed E-state index contributed by atoms with van der Waals surface area (Å²) in [5.41, 5.74) is -0.156. The van der Waals surface area contributed by atoms with E-state index < -0.39 is 23.4 Å². The van der Waals surface area contributed by atoms with Crippen LogP contribution in [0.3, 0.4) is 0 Å². The summed E-state index contributed by atoms with van der Waals surface area (Å²) in [6, 6.07) is 4.92. The third kappa shape index (κ3) is 4.17. The van der Waals surface area contributed by atoms with Crippen molar-refractivity contribution in [1.29, 1.82) is 0 Å². The molecule has 4 nitrogen and oxygen atoms in total. The molecule has 1 saturated carbocycles. The highest BCUT2D eigenvalue weighted by Crippen LogP contribution is 2.27. The number of benzene rings is 1. The monoisotopic (exact) mass is 295 g/mol. The Hall–Kier alpha value is -1.62. The zero-order valence-electron chi connectivity index (χ0n) is 12.6. The van der Waals surface area contributed by atoms with Gasteiger partial charge in [0.1, 0.15) is 5.54 Å². The lowest BCUT2D eigenvalue weighted by molar-refractivity contribution is -0.145. The lowest BCUT2D eigenvalue weighted by Crippen LogP contribution is -2.52. The molecular formula is C16H22FNO3. The fourth-order valence-electron chi connectivity index (χ4n) is 2.42. The zero-order valence-corrected chi connectivity index (χ0v) is 12.6. The molecule has 5 heteroatoms. The number of rotatable bonds is 7. The van der Waals surface area contributed by atoms with Crippen LogP contribution in [0.4, 0.5) is 4.39 Å². The average molecular weight is 295 g/mol. The van der Waals surface area contributed by atoms with Crippen LogP contribution in [0, 0.1) is 12.7 Å². The molecule has 0 aromatic heterocycles. The molecule has 1 aromatic carbocycles. The summed E-state index contributed by atoms with van der Waals surface area (Å²) in [5.74, 6) is -1.17. The van der Waals surface area contributed by atoms with E-state index in [4.69, 9.17) is 4.74 Å². The van der Waals surface area contributed by atoms with Gasteiger partial charge in [0, 0.05) is 12.5 Å². The second-order valence-electron chi connectivity index (χ2n) is 6.12. The van der Waals surface area contributed by atoms with Gasteiger partial charge in [0.2, 0.25) is 0 Å². The summed E-state index contributed by atoms with van der Waals surface area (Å²) in [7, 11) is 0. The van der Waals surface area contributed by atoms with E-state index in [9.17, 15) is 14.3 Å². The maximum atomic E-state index is 13.7. The van der Waals surface area contributed by atoms with Gasteiger partial charge in [-0.3, -0.25) is 10.1 Å². The second kappa shape index (κ2) is 6.02. The Morgan fingerprint density at radius 1 is 1.57 bits per heavy atom. The van der Waals surface area contributed by atoms with Crippen molar-refractivity contribution >= 4 is 5.97 Å². The number of aryl methyl sites for hydroxylation is 1. The minimum Gasteiger partial charge on any atom is -0.488 e. The molecule has 21 heavy (non-hydrogen) atoms. The number of hydrogen-bond donors (Lipinski definition) is 2. The predicted octanol–water partition coefficient (Wildman–Crippen LogP) is 2.89. The normalized spacial score (nSPS) is 18.9. The number of carboxylic acid groups (broad SMARTS) is 1. The van der Waals surface area contributed by atoms with Crippen LogP contribution in [-0.4, -0.2) is 28.8 Å². The topological polar surface area (TPSA) is 58.6 Å². The van der Waals surface area contributed by atoms with E-state index in [0.29, 0.717) is 0 Å². The number of carboxylic acids is 1. The van der Waals surface area contributed by atoms with Crippen LogP contribution in [0.15, 0.2) is 18.2 Å². The number of halogens is 1. The Morgan fingerprint density at radius 2 is 2.24 bits per heavy atom. The first-order chi connectivity index (χ1) is 9.80. The minimum absolute atomic E-state index is 0.168. The van der Waals surface area contributed by atoms with Gasteiger partial charge in [-0.1, -0.05) is 6.07 Å². The molecule has 1 fully saturated rings. The highest BCUT2D eigenvalue weighted by molar-refractivity contribution is 5.78. The minimum atomic E-state index is -1.05. The van der Waals surface area contributed by atoms with E-state index in [1.165, 1.54) is 6.07 Å². The molecule has 0 amide bonds. The summed E-state index contributed by atoms with van der Waals surface area (Å²) < 4.78 is 19.3. The van der Waals surface area contributed by atoms with E-state index in [0.717, 1.165) is 18.4 Å². The maximum Gasteiger partial charge on any atom is 0.323 e. The van der Waals surface area contributed by atoms with Gasteiger partial charge in [0.05, 0.1) is 6.10 Å². The van der Waals surface area contributed by atoms with E-state index in [-0.39, 0.29) is 18.2 Å². The van der Waals surface area contributed by atoms with Crippen molar-refractivity contribution in [2.45, 2.75) is 57.7 Å². The smallest absolute Gasteiger partial charge is 0.323 e. The molecule has 116 valence electrons. The molecule has 0 aliphatic heterocycles. The Morgan fingerprint density at radius 3 is 2.81 bits per heavy atom. The molecule has 2 atom stereocenters. The molecule has 1 aromatic rings. The SMILES string of the molecule is Cc1ccc(F)c(OC(C)CC(C)(NC2CC2)C(=O)O)c1. The Bertz CT molecular complexity index is 530. The Kier molecular flexibility index (Phi) is 4.52. The number of carbonyl (C=O) groups is 1. The van der Waals surface area contributed by atoms with Crippen molar-refractivity contribution in [1.82, 2.24) is 5.32 Å². The van der Waals surface area contributed by atoms with Crippen molar-refractivity contribution in [3.05, 3.63) is 29.6 Å². The summed E-state index contributed by atoms with van der Waals surface area (Å²) >= 11 is 0. The van der Waals surface area contributed by atoms with E-state index in [1.54, 1.807) is 26.0 Å². The lowest BCUT2D eigenvalue weighted by atomic mass is 9.94. The second-order valence-corrected chi connectivity index (χ2v) is 6.12. The van der Waals surface area contributed by atoms with Crippen LogP contribution in [-0.2, 0) is 4.79 Å². The van der Waals surface area contributed by atoms with Crippen molar-refractivity contribution in [3.8, 4) is 5.75 Å². The van der Waals surface area contributed by atoms with Gasteiger partial charge in [-0.05, 0) is 51.3 Å². The molecule has 1 aliphatic rings. The molecule has 1 aliphatic carbocycles. The van der Waals surface area contributed by atoms with Crippen LogP contribution in [0.25, 0.3) is 0 Å². The van der Waals surface area contributed by atoms with Gasteiger partial charge in [0.25, 0.3) is 0 Å². The van der Waals surface area contributed by atoms with E-state index in [2.05, 4.69) is 5.32 Å². The number of nitrogens with one attached hydrogen (secondary N) is 1. The van der Waals surface area contributed by atoms with Gasteiger partial charge in [-0.15, -0.1) is 0 Å². The quantitative estimate of drug-likeness (QED) is 0.812. The first-order valence-electron chi connectivity index (χ1n) is 7.24. The fourth-order valence-corrected chi connectivity index (χ4v) is 2.42. The predicted molar refractivity (Wildman–Crippen MR) is 78.0 cm³/mol. The largest absolute Gasteiger partial charge is 0.488 e. The van der Waals surface area contributed by atoms with E-state index >= 15 is 0 Å². The molecule has 0 radical (unpaired) electrons. The molecular weight excluding hydrogens is 273 g/mol. The summed E-state index contributed by atoms with van der Waals surface area (Å²) in [5, 5.41) is 12.6. The number of aliphatic carboxylic acids is 1. The van der Waals surface area contributed by atoms with Crippen LogP contribution < -0.4 is 10.1 Å². The standard InChI is InChI=1S/C16H22FNO3/c1-10-4-7-13(17)14(8-10)21-11(2)9-16(3,15(19)20)18-12-5-6-12/h4,7-8,11-12,18H,5-6,9H2,1-3H3,(H,19,20). The first-order valence-corrected chi connectivity index (χ1v) is 7.24. The summed E-state index contributed by atoms with van der Waals surface area (Å²) in [4.78, 5) is 11.5. The van der Waals surface area contributed by atoms with Gasteiger partial charge in [0.15, 0.2) is 11.6 Å². The Labute approximate surface area is 124 Å². The lowest BCUT2D eigenvalue weighted by Gasteiger charge is -2.29. The van der Waals surface area contributed by atoms with E-state index in [1.807, 2.05) is 6.92 Å². The molecule has 0 heterocycles. The third-order valence-electron chi connectivity index (χ3n) is 3.68. The maximum absolute atomic E-state index is 13.7. The fraction of sp³-hybridized carbons (Fsp3) is 0.562. The average Bonchev–Trinajstić information content (AvgIpc) is 3.17. The molecule has 0 bridgehead atoms. The van der Waals surface area contributed by atoms with Crippen molar-refractivity contribution < 1.29 is 19.0 Å². The van der Waals surface area contributed by atoms with Crippen molar-refractivity contribution in [2.75, 3.05) is 0 Å². The van der Waals surface area contributed by atoms with Gasteiger partial charge >= 0.3 is 5.97 Å². The molecule has 2 rings (SSSR count). The molecule has 0 saturated heterocycles. The first kappa shape index (κ1) is 15.8. The zero-order chi connectivity index (χ0) is 15.6. The number of ether oxygens (including phenoxy) is 1.